The topological polar surface area (TPSA) is 65.7 Å². The molecule has 0 fully saturated rings. The van der Waals surface area contributed by atoms with Crippen LogP contribution >= 0.6 is 0 Å². The predicted molar refractivity (Wildman–Crippen MR) is 71.6 cm³/mol. The van der Waals surface area contributed by atoms with E-state index in [1.54, 1.807) is 0 Å². The minimum atomic E-state index is -1.61. The van der Waals surface area contributed by atoms with Crippen molar-refractivity contribution in [2.75, 3.05) is 14.2 Å². The third-order valence-corrected chi connectivity index (χ3v) is 2.94. The highest BCUT2D eigenvalue weighted by Crippen LogP contribution is 2.17. The maximum absolute atomic E-state index is 11.6. The second-order valence-electron chi connectivity index (χ2n) is 4.84. The van der Waals surface area contributed by atoms with Gasteiger partial charge in [0, 0.05) is 6.07 Å². The second-order valence-corrected chi connectivity index (χ2v) is 9.59. The van der Waals surface area contributed by atoms with Gasteiger partial charge < -0.3 is 13.9 Å². The Hall–Kier alpha value is -2.00. The van der Waals surface area contributed by atoms with Crippen LogP contribution in [-0.2, 0) is 9.47 Å². The monoisotopic (exact) mass is 280 g/mol. The Labute approximate surface area is 112 Å². The summed E-state index contributed by atoms with van der Waals surface area (Å²) in [6, 6.07) is 1.39. The van der Waals surface area contributed by atoms with Gasteiger partial charge in [-0.3, -0.25) is 0 Å². The van der Waals surface area contributed by atoms with E-state index in [4.69, 9.17) is 4.42 Å². The molecule has 0 unspecified atom stereocenters. The lowest BCUT2D eigenvalue weighted by atomic mass is 10.2. The highest BCUT2D eigenvalue weighted by atomic mass is 28.3. The van der Waals surface area contributed by atoms with Crippen LogP contribution in [0.2, 0.25) is 19.6 Å². The highest BCUT2D eigenvalue weighted by molar-refractivity contribution is 6.83. The minimum Gasteiger partial charge on any atom is -0.463 e. The molecular weight excluding hydrogens is 264 g/mol. The van der Waals surface area contributed by atoms with E-state index in [0.29, 0.717) is 5.56 Å². The number of carbonyl (C=O) groups is 2. The molecule has 0 aliphatic rings. The molecule has 0 saturated heterocycles. The standard InChI is InChI=1S/C13H16O5Si/c1-16-12(14)10-8-9(6-7-19(3,4)5)11(18-10)13(15)17-2/h8H,1-5H3. The summed E-state index contributed by atoms with van der Waals surface area (Å²) in [6.45, 7) is 6.21. The van der Waals surface area contributed by atoms with Crippen molar-refractivity contribution in [3.05, 3.63) is 23.2 Å². The summed E-state index contributed by atoms with van der Waals surface area (Å²) in [7, 11) is 0.862. The van der Waals surface area contributed by atoms with Gasteiger partial charge in [-0.15, -0.1) is 5.54 Å². The van der Waals surface area contributed by atoms with Crippen molar-refractivity contribution in [2.24, 2.45) is 0 Å². The summed E-state index contributed by atoms with van der Waals surface area (Å²) in [5.41, 5.74) is 3.44. The molecule has 1 rings (SSSR count). The lowest BCUT2D eigenvalue weighted by Crippen LogP contribution is -2.16. The average Bonchev–Trinajstić information content (AvgIpc) is 2.77. The first-order valence-corrected chi connectivity index (χ1v) is 9.12. The van der Waals surface area contributed by atoms with Crippen molar-refractivity contribution < 1.29 is 23.5 Å². The van der Waals surface area contributed by atoms with Crippen molar-refractivity contribution in [1.82, 2.24) is 0 Å². The van der Waals surface area contributed by atoms with Gasteiger partial charge in [-0.25, -0.2) is 9.59 Å². The zero-order valence-corrected chi connectivity index (χ0v) is 12.6. The lowest BCUT2D eigenvalue weighted by Gasteiger charge is -2.02. The van der Waals surface area contributed by atoms with Crippen molar-refractivity contribution in [3.8, 4) is 11.5 Å². The maximum atomic E-state index is 11.6. The molecule has 0 atom stereocenters. The van der Waals surface area contributed by atoms with Crippen molar-refractivity contribution in [1.29, 1.82) is 0 Å². The summed E-state index contributed by atoms with van der Waals surface area (Å²) in [5.74, 6) is 1.40. The van der Waals surface area contributed by atoms with Gasteiger partial charge >= 0.3 is 11.9 Å². The molecule has 0 aromatic carbocycles. The van der Waals surface area contributed by atoms with Crippen LogP contribution in [0.25, 0.3) is 0 Å². The average molecular weight is 280 g/mol. The number of esters is 2. The van der Waals surface area contributed by atoms with Crippen LogP contribution in [-0.4, -0.2) is 34.2 Å². The number of carbonyl (C=O) groups excluding carboxylic acids is 2. The van der Waals surface area contributed by atoms with Crippen LogP contribution in [0.1, 0.15) is 26.7 Å². The predicted octanol–water partition coefficient (Wildman–Crippen LogP) is 2.08. The largest absolute Gasteiger partial charge is 0.463 e. The Bertz CT molecular complexity index is 554. The van der Waals surface area contributed by atoms with Crippen molar-refractivity contribution >= 4 is 20.0 Å². The normalized spacial score (nSPS) is 10.4. The molecule has 0 amide bonds. The molecule has 0 aliphatic carbocycles. The first kappa shape index (κ1) is 15.1. The van der Waals surface area contributed by atoms with Gasteiger partial charge in [0.2, 0.25) is 11.5 Å². The van der Waals surface area contributed by atoms with Gasteiger partial charge in [0.05, 0.1) is 19.8 Å². The lowest BCUT2D eigenvalue weighted by molar-refractivity contribution is 0.0531. The summed E-state index contributed by atoms with van der Waals surface area (Å²) in [5, 5.41) is 0. The zero-order chi connectivity index (χ0) is 14.6. The molecule has 0 spiro atoms. The Balaban J connectivity index is 3.27. The fraction of sp³-hybridized carbons (Fsp3) is 0.385. The van der Waals surface area contributed by atoms with Gasteiger partial charge in [0.15, 0.2) is 0 Å². The van der Waals surface area contributed by atoms with Gasteiger partial charge in [-0.2, -0.15) is 0 Å². The summed E-state index contributed by atoms with van der Waals surface area (Å²) < 4.78 is 14.3. The molecule has 6 heteroatoms. The quantitative estimate of drug-likeness (QED) is 0.471. The number of hydrogen-bond acceptors (Lipinski definition) is 5. The maximum Gasteiger partial charge on any atom is 0.375 e. The fourth-order valence-corrected chi connectivity index (χ4v) is 1.69. The zero-order valence-electron chi connectivity index (χ0n) is 11.6. The molecule has 5 nitrogen and oxygen atoms in total. The third-order valence-electron chi connectivity index (χ3n) is 2.06. The Kier molecular flexibility index (Phi) is 4.56. The molecule has 19 heavy (non-hydrogen) atoms. The van der Waals surface area contributed by atoms with E-state index >= 15 is 0 Å². The third kappa shape index (κ3) is 4.00. The van der Waals surface area contributed by atoms with E-state index in [2.05, 4.69) is 40.6 Å². The smallest absolute Gasteiger partial charge is 0.375 e. The second kappa shape index (κ2) is 5.76. The van der Waals surface area contributed by atoms with Crippen LogP contribution < -0.4 is 0 Å². The van der Waals surface area contributed by atoms with Crippen molar-refractivity contribution in [2.45, 2.75) is 19.6 Å². The number of rotatable bonds is 2. The molecule has 102 valence electrons. The number of methoxy groups -OCH3 is 2. The molecule has 0 radical (unpaired) electrons. The van der Waals surface area contributed by atoms with Crippen LogP contribution in [0.4, 0.5) is 0 Å². The number of ether oxygens (including phenoxy) is 2. The van der Waals surface area contributed by atoms with E-state index in [9.17, 15) is 9.59 Å². The van der Waals surface area contributed by atoms with E-state index in [1.807, 2.05) is 0 Å². The molecular formula is C13H16O5Si. The first-order chi connectivity index (χ1) is 8.78. The van der Waals surface area contributed by atoms with Gasteiger partial charge in [0.1, 0.15) is 8.07 Å². The summed E-state index contributed by atoms with van der Waals surface area (Å²) in [4.78, 5) is 22.9. The molecule has 0 aliphatic heterocycles. The minimum absolute atomic E-state index is 0.0669. The fourth-order valence-electron chi connectivity index (χ4n) is 1.18. The van der Waals surface area contributed by atoms with E-state index in [-0.39, 0.29) is 11.5 Å². The van der Waals surface area contributed by atoms with Crippen LogP contribution in [0, 0.1) is 11.5 Å². The Morgan fingerprint density at radius 2 is 1.74 bits per heavy atom. The molecule has 0 N–H and O–H groups in total. The molecule has 0 saturated carbocycles. The van der Waals surface area contributed by atoms with Gasteiger partial charge in [-0.05, 0) is 0 Å². The molecule has 1 aromatic heterocycles. The van der Waals surface area contributed by atoms with Gasteiger partial charge in [-0.1, -0.05) is 25.6 Å². The highest BCUT2D eigenvalue weighted by Gasteiger charge is 2.22. The Morgan fingerprint density at radius 1 is 1.16 bits per heavy atom. The Morgan fingerprint density at radius 3 is 2.21 bits per heavy atom. The summed E-state index contributed by atoms with van der Waals surface area (Å²) in [6.07, 6.45) is 0. The van der Waals surface area contributed by atoms with Crippen molar-refractivity contribution in [3.63, 3.8) is 0 Å². The van der Waals surface area contributed by atoms with Crippen LogP contribution in [0.3, 0.4) is 0 Å². The van der Waals surface area contributed by atoms with Crippen LogP contribution in [0.15, 0.2) is 10.5 Å². The SMILES string of the molecule is COC(=O)c1cc(C#C[Si](C)(C)C)c(C(=O)OC)o1. The molecule has 0 bridgehead atoms. The van der Waals surface area contributed by atoms with E-state index < -0.39 is 20.0 Å². The summed E-state index contributed by atoms with van der Waals surface area (Å²) >= 11 is 0. The van der Waals surface area contributed by atoms with Crippen LogP contribution in [0.5, 0.6) is 0 Å². The first-order valence-electron chi connectivity index (χ1n) is 5.62. The number of furan rings is 1. The number of hydrogen-bond donors (Lipinski definition) is 0. The van der Waals surface area contributed by atoms with E-state index in [1.165, 1.54) is 20.3 Å². The van der Waals surface area contributed by atoms with E-state index in [0.717, 1.165) is 0 Å². The molecule has 1 heterocycles. The van der Waals surface area contributed by atoms with Gasteiger partial charge in [0.25, 0.3) is 0 Å². The molecule has 1 aromatic rings.